The van der Waals surface area contributed by atoms with Gasteiger partial charge in [-0.3, -0.25) is 4.79 Å². The van der Waals surface area contributed by atoms with E-state index in [1.807, 2.05) is 0 Å². The highest BCUT2D eigenvalue weighted by atomic mass is 79.9. The molecule has 0 bridgehead atoms. The molecule has 1 aromatic rings. The molecule has 2 rings (SSSR count). The number of aromatic nitrogens is 1. The van der Waals surface area contributed by atoms with Gasteiger partial charge in [-0.05, 0) is 60.9 Å². The van der Waals surface area contributed by atoms with Crippen molar-refractivity contribution >= 4 is 27.7 Å². The first kappa shape index (κ1) is 14.3. The molecule has 0 aliphatic carbocycles. The maximum atomic E-state index is 12.1. The lowest BCUT2D eigenvalue weighted by Gasteiger charge is -2.28. The van der Waals surface area contributed by atoms with Crippen LogP contribution in [-0.2, 0) is 0 Å². The third kappa shape index (κ3) is 3.91. The Morgan fingerprint density at radius 1 is 1.58 bits per heavy atom. The van der Waals surface area contributed by atoms with Crippen molar-refractivity contribution in [1.29, 1.82) is 0 Å². The van der Waals surface area contributed by atoms with Gasteiger partial charge in [-0.15, -0.1) is 0 Å². The van der Waals surface area contributed by atoms with Crippen LogP contribution in [0.25, 0.3) is 0 Å². The molecule has 1 saturated heterocycles. The summed E-state index contributed by atoms with van der Waals surface area (Å²) in [6.07, 6.45) is 3.84. The zero-order chi connectivity index (χ0) is 13.8. The number of hydrogen-bond donors (Lipinski definition) is 2. The van der Waals surface area contributed by atoms with E-state index < -0.39 is 0 Å². The van der Waals surface area contributed by atoms with E-state index >= 15 is 0 Å². The predicted octanol–water partition coefficient (Wildman–Crippen LogP) is 1.50. The van der Waals surface area contributed by atoms with Crippen LogP contribution in [0.15, 0.2) is 16.7 Å². The molecule has 3 N–H and O–H groups in total. The second kappa shape index (κ2) is 6.34. The number of piperidine rings is 1. The molecule has 1 aromatic heterocycles. The maximum absolute atomic E-state index is 12.1. The summed E-state index contributed by atoms with van der Waals surface area (Å²) < 4.78 is 0.756. The largest absolute Gasteiger partial charge is 0.383 e. The highest BCUT2D eigenvalue weighted by Crippen LogP contribution is 2.17. The zero-order valence-electron chi connectivity index (χ0n) is 11.0. The summed E-state index contributed by atoms with van der Waals surface area (Å²) in [5.74, 6) is 0.677. The van der Waals surface area contributed by atoms with Crippen molar-refractivity contribution in [2.75, 3.05) is 32.4 Å². The topological polar surface area (TPSA) is 71.2 Å². The molecule has 0 atom stereocenters. The third-order valence-corrected chi connectivity index (χ3v) is 3.95. The van der Waals surface area contributed by atoms with Crippen LogP contribution >= 0.6 is 15.9 Å². The van der Waals surface area contributed by atoms with Crippen molar-refractivity contribution in [1.82, 2.24) is 15.2 Å². The fourth-order valence-corrected chi connectivity index (χ4v) is 2.56. The molecule has 1 fully saturated rings. The minimum Gasteiger partial charge on any atom is -0.383 e. The lowest BCUT2D eigenvalue weighted by atomic mass is 9.97. The number of carbonyl (C=O) groups is 1. The molecule has 1 aliphatic rings. The Morgan fingerprint density at radius 2 is 2.26 bits per heavy atom. The van der Waals surface area contributed by atoms with Crippen LogP contribution < -0.4 is 11.1 Å². The van der Waals surface area contributed by atoms with E-state index in [2.05, 4.69) is 38.2 Å². The molecule has 5 nitrogen and oxygen atoms in total. The van der Waals surface area contributed by atoms with Crippen LogP contribution in [-0.4, -0.2) is 42.5 Å². The lowest BCUT2D eigenvalue weighted by Crippen LogP contribution is -2.37. The molecular formula is C13H19BrN4O. The Hall–Kier alpha value is -1.14. The Bertz CT molecular complexity index is 458. The minimum absolute atomic E-state index is 0.148. The van der Waals surface area contributed by atoms with E-state index in [1.54, 1.807) is 12.3 Å². The summed E-state index contributed by atoms with van der Waals surface area (Å²) >= 11 is 3.30. The van der Waals surface area contributed by atoms with Gasteiger partial charge in [0.1, 0.15) is 5.82 Å². The Kier molecular flexibility index (Phi) is 4.76. The van der Waals surface area contributed by atoms with Crippen molar-refractivity contribution in [2.24, 2.45) is 5.92 Å². The Labute approximate surface area is 121 Å². The van der Waals surface area contributed by atoms with Gasteiger partial charge >= 0.3 is 0 Å². The average molecular weight is 327 g/mol. The van der Waals surface area contributed by atoms with Crippen LogP contribution in [0, 0.1) is 5.92 Å². The summed E-state index contributed by atoms with van der Waals surface area (Å²) in [5.41, 5.74) is 6.15. The maximum Gasteiger partial charge on any atom is 0.255 e. The van der Waals surface area contributed by atoms with Gasteiger partial charge in [0.05, 0.1) is 5.56 Å². The molecule has 0 aromatic carbocycles. The number of anilines is 1. The standard InChI is InChI=1S/C13H19BrN4O/c1-18-4-2-9(3-5-18)7-17-13(19)11-6-10(14)8-16-12(11)15/h6,8-9H,2-5,7H2,1H3,(H2,15,16)(H,17,19). The SMILES string of the molecule is CN1CCC(CNC(=O)c2cc(Br)cnc2N)CC1. The summed E-state index contributed by atoms with van der Waals surface area (Å²) in [7, 11) is 2.13. The molecule has 0 saturated carbocycles. The molecular weight excluding hydrogens is 308 g/mol. The first-order valence-electron chi connectivity index (χ1n) is 6.44. The van der Waals surface area contributed by atoms with Gasteiger partial charge in [0.15, 0.2) is 0 Å². The molecule has 19 heavy (non-hydrogen) atoms. The molecule has 0 spiro atoms. The number of carbonyl (C=O) groups excluding carboxylic acids is 1. The second-order valence-corrected chi connectivity index (χ2v) is 5.96. The summed E-state index contributed by atoms with van der Waals surface area (Å²) in [6.45, 7) is 2.90. The molecule has 104 valence electrons. The zero-order valence-corrected chi connectivity index (χ0v) is 12.6. The first-order chi connectivity index (χ1) is 9.06. The van der Waals surface area contributed by atoms with Crippen LogP contribution in [0.5, 0.6) is 0 Å². The number of nitrogens with zero attached hydrogens (tertiary/aromatic N) is 2. The molecule has 1 aliphatic heterocycles. The van der Waals surface area contributed by atoms with E-state index in [0.717, 1.165) is 30.4 Å². The number of hydrogen-bond acceptors (Lipinski definition) is 4. The highest BCUT2D eigenvalue weighted by Gasteiger charge is 2.18. The van der Waals surface area contributed by atoms with E-state index in [4.69, 9.17) is 5.73 Å². The monoisotopic (exact) mass is 326 g/mol. The molecule has 0 unspecified atom stereocenters. The fraction of sp³-hybridized carbons (Fsp3) is 0.538. The van der Waals surface area contributed by atoms with Gasteiger partial charge in [-0.2, -0.15) is 0 Å². The van der Waals surface area contributed by atoms with Crippen LogP contribution in [0.3, 0.4) is 0 Å². The number of nitrogens with one attached hydrogen (secondary N) is 1. The van der Waals surface area contributed by atoms with Gasteiger partial charge in [0.25, 0.3) is 5.91 Å². The number of likely N-dealkylation sites (tertiary alicyclic amines) is 1. The van der Waals surface area contributed by atoms with Gasteiger partial charge in [-0.25, -0.2) is 4.98 Å². The Balaban J connectivity index is 1.89. The van der Waals surface area contributed by atoms with Gasteiger partial charge in [0, 0.05) is 17.2 Å². The number of nitrogen functional groups attached to an aromatic ring is 1. The third-order valence-electron chi connectivity index (χ3n) is 3.52. The van der Waals surface area contributed by atoms with Gasteiger partial charge in [0.2, 0.25) is 0 Å². The lowest BCUT2D eigenvalue weighted by molar-refractivity contribution is 0.0939. The molecule has 0 radical (unpaired) electrons. The Morgan fingerprint density at radius 3 is 2.95 bits per heavy atom. The first-order valence-corrected chi connectivity index (χ1v) is 7.23. The summed E-state index contributed by atoms with van der Waals surface area (Å²) in [4.78, 5) is 18.3. The molecule has 2 heterocycles. The fourth-order valence-electron chi connectivity index (χ4n) is 2.23. The molecule has 6 heteroatoms. The number of rotatable bonds is 3. The minimum atomic E-state index is -0.148. The van der Waals surface area contributed by atoms with Crippen molar-refractivity contribution in [3.63, 3.8) is 0 Å². The number of amides is 1. The van der Waals surface area contributed by atoms with Crippen LogP contribution in [0.1, 0.15) is 23.2 Å². The second-order valence-electron chi connectivity index (χ2n) is 5.04. The van der Waals surface area contributed by atoms with Crippen LogP contribution in [0.4, 0.5) is 5.82 Å². The summed E-state index contributed by atoms with van der Waals surface area (Å²) in [6, 6.07) is 1.70. The predicted molar refractivity (Wildman–Crippen MR) is 78.9 cm³/mol. The van der Waals surface area contributed by atoms with Crippen molar-refractivity contribution in [3.05, 3.63) is 22.3 Å². The van der Waals surface area contributed by atoms with Gasteiger partial charge in [-0.1, -0.05) is 0 Å². The van der Waals surface area contributed by atoms with Crippen LogP contribution in [0.2, 0.25) is 0 Å². The van der Waals surface area contributed by atoms with Crippen molar-refractivity contribution in [3.8, 4) is 0 Å². The normalized spacial score (nSPS) is 17.4. The number of pyridine rings is 1. The van der Waals surface area contributed by atoms with Crippen molar-refractivity contribution in [2.45, 2.75) is 12.8 Å². The van der Waals surface area contributed by atoms with Gasteiger partial charge < -0.3 is 16.0 Å². The van der Waals surface area contributed by atoms with E-state index in [1.165, 1.54) is 0 Å². The summed E-state index contributed by atoms with van der Waals surface area (Å²) in [5, 5.41) is 2.95. The smallest absolute Gasteiger partial charge is 0.255 e. The number of nitrogens with two attached hydrogens (primary N) is 1. The van der Waals surface area contributed by atoms with E-state index in [-0.39, 0.29) is 11.7 Å². The highest BCUT2D eigenvalue weighted by molar-refractivity contribution is 9.10. The van der Waals surface area contributed by atoms with E-state index in [0.29, 0.717) is 18.0 Å². The van der Waals surface area contributed by atoms with Crippen molar-refractivity contribution < 1.29 is 4.79 Å². The average Bonchev–Trinajstić information content (AvgIpc) is 2.40. The quantitative estimate of drug-likeness (QED) is 0.883. The molecule has 1 amide bonds. The van der Waals surface area contributed by atoms with E-state index in [9.17, 15) is 4.79 Å². The number of halogens is 1.